The molecule has 1 heterocycles. The molecule has 5 heteroatoms. The molecule has 1 N–H and O–H groups in total. The minimum absolute atomic E-state index is 0. The third-order valence-corrected chi connectivity index (χ3v) is 5.02. The Morgan fingerprint density at radius 1 is 0.931 bits per heavy atom. The maximum atomic E-state index is 6.18. The monoisotopic (exact) mass is 423 g/mol. The van der Waals surface area contributed by atoms with Crippen LogP contribution < -0.4 is 22.5 Å². The number of halogens is 2. The van der Waals surface area contributed by atoms with Gasteiger partial charge in [0.15, 0.2) is 0 Å². The van der Waals surface area contributed by atoms with E-state index < -0.39 is 0 Å². The van der Waals surface area contributed by atoms with Crippen molar-refractivity contribution < 1.29 is 17.1 Å². The number of aromatic nitrogens is 1. The molecule has 4 aromatic rings. The standard InChI is InChI=1S/C24H21ClN2O.ClH/c1-16-6-5-8-21-23(14-17(2)26-24(16)21)27-19-10-12-20(13-11-19)28-15-18-7-3-4-9-22(18)25;/h3-14H,15H2,1-2H3,(H,26,27);1H/p-1. The first-order chi connectivity index (χ1) is 13.6. The summed E-state index contributed by atoms with van der Waals surface area (Å²) < 4.78 is 5.86. The molecule has 0 saturated heterocycles. The summed E-state index contributed by atoms with van der Waals surface area (Å²) in [6, 6.07) is 24.0. The second-order valence-electron chi connectivity index (χ2n) is 6.81. The first-order valence-corrected chi connectivity index (χ1v) is 9.58. The van der Waals surface area contributed by atoms with Crippen molar-refractivity contribution >= 4 is 33.9 Å². The number of aryl methyl sites for hydroxylation is 2. The van der Waals surface area contributed by atoms with Crippen molar-refractivity contribution in [1.82, 2.24) is 4.98 Å². The summed E-state index contributed by atoms with van der Waals surface area (Å²) in [5.74, 6) is 0.803. The summed E-state index contributed by atoms with van der Waals surface area (Å²) >= 11 is 6.18. The summed E-state index contributed by atoms with van der Waals surface area (Å²) in [6.45, 7) is 4.55. The van der Waals surface area contributed by atoms with Gasteiger partial charge in [-0.3, -0.25) is 4.98 Å². The van der Waals surface area contributed by atoms with Crippen LogP contribution in [0.25, 0.3) is 10.9 Å². The molecule has 0 spiro atoms. The van der Waals surface area contributed by atoms with E-state index in [1.165, 1.54) is 5.56 Å². The molecule has 0 aliphatic carbocycles. The van der Waals surface area contributed by atoms with Crippen LogP contribution in [-0.4, -0.2) is 4.98 Å². The van der Waals surface area contributed by atoms with Crippen LogP contribution in [0.2, 0.25) is 5.02 Å². The van der Waals surface area contributed by atoms with Crippen molar-refractivity contribution in [2.24, 2.45) is 0 Å². The molecule has 29 heavy (non-hydrogen) atoms. The van der Waals surface area contributed by atoms with Crippen LogP contribution in [0.3, 0.4) is 0 Å². The Hall–Kier alpha value is -2.75. The zero-order chi connectivity index (χ0) is 19.5. The summed E-state index contributed by atoms with van der Waals surface area (Å²) in [7, 11) is 0. The second kappa shape index (κ2) is 9.17. The number of benzene rings is 3. The highest BCUT2D eigenvalue weighted by molar-refractivity contribution is 6.31. The van der Waals surface area contributed by atoms with Crippen LogP contribution in [0.4, 0.5) is 11.4 Å². The van der Waals surface area contributed by atoms with Gasteiger partial charge in [-0.25, -0.2) is 0 Å². The average molecular weight is 424 g/mol. The van der Waals surface area contributed by atoms with Gasteiger partial charge in [0.1, 0.15) is 12.4 Å². The lowest BCUT2D eigenvalue weighted by atomic mass is 10.1. The van der Waals surface area contributed by atoms with E-state index in [-0.39, 0.29) is 12.4 Å². The molecule has 0 aliphatic heterocycles. The molecule has 0 atom stereocenters. The van der Waals surface area contributed by atoms with Gasteiger partial charge in [-0.1, -0.05) is 48.0 Å². The number of anilines is 2. The molecule has 0 radical (unpaired) electrons. The van der Waals surface area contributed by atoms with Gasteiger partial charge in [0.25, 0.3) is 0 Å². The average Bonchev–Trinajstić information content (AvgIpc) is 2.69. The van der Waals surface area contributed by atoms with Gasteiger partial charge >= 0.3 is 0 Å². The van der Waals surface area contributed by atoms with Crippen molar-refractivity contribution in [3.05, 3.63) is 94.6 Å². The van der Waals surface area contributed by atoms with Crippen LogP contribution in [0, 0.1) is 13.8 Å². The molecule has 0 saturated carbocycles. The minimum Gasteiger partial charge on any atom is -1.00 e. The number of pyridine rings is 1. The predicted octanol–water partition coefficient (Wildman–Crippen LogP) is 3.83. The highest BCUT2D eigenvalue weighted by Gasteiger charge is 2.07. The Bertz CT molecular complexity index is 1130. The number of para-hydroxylation sites is 1. The van der Waals surface area contributed by atoms with Crippen molar-refractivity contribution in [2.75, 3.05) is 5.32 Å². The van der Waals surface area contributed by atoms with E-state index in [2.05, 4.69) is 41.5 Å². The minimum atomic E-state index is 0. The molecule has 3 nitrogen and oxygen atoms in total. The number of rotatable bonds is 5. The van der Waals surface area contributed by atoms with Gasteiger partial charge in [0, 0.05) is 33.0 Å². The van der Waals surface area contributed by atoms with Gasteiger partial charge < -0.3 is 22.5 Å². The van der Waals surface area contributed by atoms with Gasteiger partial charge in [0.05, 0.1) is 5.52 Å². The van der Waals surface area contributed by atoms with E-state index >= 15 is 0 Å². The predicted molar refractivity (Wildman–Crippen MR) is 117 cm³/mol. The Kier molecular flexibility index (Phi) is 6.63. The molecule has 148 valence electrons. The topological polar surface area (TPSA) is 34.1 Å². The van der Waals surface area contributed by atoms with Crippen molar-refractivity contribution in [3.8, 4) is 5.75 Å². The third kappa shape index (κ3) is 4.81. The number of hydrogen-bond acceptors (Lipinski definition) is 3. The summed E-state index contributed by atoms with van der Waals surface area (Å²) in [5, 5.41) is 5.34. The molecule has 1 aromatic heterocycles. The smallest absolute Gasteiger partial charge is 0.119 e. The number of hydrogen-bond donors (Lipinski definition) is 1. The van der Waals surface area contributed by atoms with E-state index in [0.717, 1.165) is 44.3 Å². The molecule has 0 amide bonds. The fourth-order valence-electron chi connectivity index (χ4n) is 3.19. The number of nitrogens with one attached hydrogen (secondary N) is 1. The first kappa shape index (κ1) is 21.0. The Morgan fingerprint density at radius 3 is 2.45 bits per heavy atom. The third-order valence-electron chi connectivity index (χ3n) is 4.65. The summed E-state index contributed by atoms with van der Waals surface area (Å²) in [4.78, 5) is 4.68. The van der Waals surface area contributed by atoms with E-state index in [1.54, 1.807) is 0 Å². The lowest BCUT2D eigenvalue weighted by molar-refractivity contribution is -0.00000600. The van der Waals surface area contributed by atoms with Gasteiger partial charge in [0.2, 0.25) is 0 Å². The fourth-order valence-corrected chi connectivity index (χ4v) is 3.38. The Morgan fingerprint density at radius 2 is 1.69 bits per heavy atom. The van der Waals surface area contributed by atoms with E-state index in [9.17, 15) is 0 Å². The number of fused-ring (bicyclic) bond motifs is 1. The summed E-state index contributed by atoms with van der Waals surface area (Å²) in [6.07, 6.45) is 0. The number of nitrogens with zero attached hydrogens (tertiary/aromatic N) is 1. The van der Waals surface area contributed by atoms with Crippen LogP contribution in [0.1, 0.15) is 16.8 Å². The molecular formula is C24H21Cl2N2O-. The Balaban J connectivity index is 0.00000240. The van der Waals surface area contributed by atoms with Crippen LogP contribution >= 0.6 is 11.6 Å². The van der Waals surface area contributed by atoms with E-state index in [0.29, 0.717) is 6.61 Å². The lowest BCUT2D eigenvalue weighted by Gasteiger charge is -2.13. The van der Waals surface area contributed by atoms with E-state index in [4.69, 9.17) is 16.3 Å². The maximum Gasteiger partial charge on any atom is 0.119 e. The fraction of sp³-hybridized carbons (Fsp3) is 0.125. The molecule has 0 bridgehead atoms. The molecule has 0 fully saturated rings. The van der Waals surface area contributed by atoms with Crippen LogP contribution in [-0.2, 0) is 6.61 Å². The van der Waals surface area contributed by atoms with Crippen LogP contribution in [0.5, 0.6) is 5.75 Å². The highest BCUT2D eigenvalue weighted by atomic mass is 35.5. The molecule has 0 aliphatic rings. The molecule has 0 unspecified atom stereocenters. The molecule has 3 aromatic carbocycles. The Labute approximate surface area is 182 Å². The zero-order valence-electron chi connectivity index (χ0n) is 16.2. The van der Waals surface area contributed by atoms with Gasteiger partial charge in [-0.05, 0) is 55.8 Å². The highest BCUT2D eigenvalue weighted by Crippen LogP contribution is 2.29. The maximum absolute atomic E-state index is 6.18. The first-order valence-electron chi connectivity index (χ1n) is 9.20. The van der Waals surface area contributed by atoms with Gasteiger partial charge in [-0.15, -0.1) is 0 Å². The second-order valence-corrected chi connectivity index (χ2v) is 7.22. The van der Waals surface area contributed by atoms with Crippen LogP contribution in [0.15, 0.2) is 72.8 Å². The lowest BCUT2D eigenvalue weighted by Crippen LogP contribution is -3.00. The van der Waals surface area contributed by atoms with E-state index in [1.807, 2.05) is 55.5 Å². The quantitative estimate of drug-likeness (QED) is 0.529. The zero-order valence-corrected chi connectivity index (χ0v) is 17.8. The van der Waals surface area contributed by atoms with Crippen molar-refractivity contribution in [2.45, 2.75) is 20.5 Å². The normalized spacial score (nSPS) is 10.4. The molecule has 4 rings (SSSR count). The largest absolute Gasteiger partial charge is 1.00 e. The SMILES string of the molecule is Cc1cc(Nc2ccc(OCc3ccccc3Cl)cc2)c2cccc(C)c2n1.[Cl-]. The summed E-state index contributed by atoms with van der Waals surface area (Å²) in [5.41, 5.74) is 6.22. The molecular weight excluding hydrogens is 403 g/mol. The number of ether oxygens (including phenoxy) is 1. The van der Waals surface area contributed by atoms with Crippen molar-refractivity contribution in [3.63, 3.8) is 0 Å². The van der Waals surface area contributed by atoms with Gasteiger partial charge in [-0.2, -0.15) is 0 Å². The van der Waals surface area contributed by atoms with Crippen molar-refractivity contribution in [1.29, 1.82) is 0 Å².